The average molecular weight is 276 g/mol. The fourth-order valence-electron chi connectivity index (χ4n) is 0.950. The van der Waals surface area contributed by atoms with Crippen molar-refractivity contribution in [3.05, 3.63) is 33.4 Å². The molecule has 0 fully saturated rings. The van der Waals surface area contributed by atoms with Crippen LogP contribution >= 0.6 is 22.6 Å². The lowest BCUT2D eigenvalue weighted by Gasteiger charge is -2.18. The highest BCUT2D eigenvalue weighted by Gasteiger charge is 2.11. The number of benzene rings is 1. The maximum atomic E-state index is 2.32. The lowest BCUT2D eigenvalue weighted by molar-refractivity contribution is 0.590. The molecule has 0 aliphatic rings. The van der Waals surface area contributed by atoms with E-state index in [9.17, 15) is 0 Å². The second kappa shape index (κ2) is 4.26. The molecule has 1 aromatic rings. The molecule has 1 heteroatoms. The van der Waals surface area contributed by atoms with Gasteiger partial charge in [0.15, 0.2) is 0 Å². The van der Waals surface area contributed by atoms with Crippen molar-refractivity contribution in [1.29, 1.82) is 0 Å². The molecule has 0 amide bonds. The van der Waals surface area contributed by atoms with Crippen LogP contribution in [0.2, 0.25) is 0 Å². The molecule has 0 saturated heterocycles. The van der Waals surface area contributed by atoms with Crippen LogP contribution in [0.3, 0.4) is 0 Å². The topological polar surface area (TPSA) is 0 Å². The second-order valence-corrected chi connectivity index (χ2v) is 5.00. The molecule has 0 bridgehead atoms. The van der Waals surface area contributed by atoms with Gasteiger partial charge in [0, 0.05) is 3.57 Å². The zero-order chi connectivity index (χ0) is 8.48. The first-order chi connectivity index (χ1) is 5.00. The molecule has 0 aliphatic heterocycles. The van der Waals surface area contributed by atoms with Crippen molar-refractivity contribution in [2.45, 2.75) is 33.6 Å². The Morgan fingerprint density at radius 3 is 1.75 bits per heavy atom. The molecule has 12 heavy (non-hydrogen) atoms. The van der Waals surface area contributed by atoms with Crippen LogP contribution in [0.15, 0.2) is 24.3 Å². The highest BCUT2D eigenvalue weighted by Crippen LogP contribution is 2.22. The van der Waals surface area contributed by atoms with Gasteiger partial charge in [-0.3, -0.25) is 0 Å². The lowest BCUT2D eigenvalue weighted by atomic mass is 9.87. The molecular formula is C11H17I. The van der Waals surface area contributed by atoms with Crippen LogP contribution in [0.25, 0.3) is 0 Å². The molecule has 0 heterocycles. The molecular weight excluding hydrogens is 259 g/mol. The first-order valence-corrected chi connectivity index (χ1v) is 4.84. The Bertz CT molecular complexity index is 228. The molecule has 0 aromatic heterocycles. The number of halogens is 1. The van der Waals surface area contributed by atoms with Crippen molar-refractivity contribution < 1.29 is 0 Å². The third kappa shape index (κ3) is 3.13. The van der Waals surface area contributed by atoms with E-state index in [1.165, 1.54) is 9.13 Å². The monoisotopic (exact) mass is 276 g/mol. The maximum absolute atomic E-state index is 2.32. The summed E-state index contributed by atoms with van der Waals surface area (Å²) in [5.74, 6) is 0. The molecule has 0 saturated carbocycles. The van der Waals surface area contributed by atoms with Gasteiger partial charge in [0.25, 0.3) is 0 Å². The van der Waals surface area contributed by atoms with Crippen LogP contribution in [0, 0.1) is 3.57 Å². The molecule has 0 spiro atoms. The Kier molecular flexibility index (Phi) is 4.24. The third-order valence-corrected chi connectivity index (χ3v) is 2.43. The van der Waals surface area contributed by atoms with Crippen molar-refractivity contribution in [1.82, 2.24) is 0 Å². The fourth-order valence-corrected chi connectivity index (χ4v) is 1.31. The van der Waals surface area contributed by atoms with Crippen molar-refractivity contribution in [2.24, 2.45) is 0 Å². The minimum Gasteiger partial charge on any atom is -0.0776 e. The molecule has 1 rings (SSSR count). The van der Waals surface area contributed by atoms with Crippen molar-refractivity contribution in [3.8, 4) is 0 Å². The average Bonchev–Trinajstić information content (AvgIpc) is 1.86. The minimum atomic E-state index is 0. The molecule has 0 atom stereocenters. The van der Waals surface area contributed by atoms with E-state index >= 15 is 0 Å². The van der Waals surface area contributed by atoms with Gasteiger partial charge in [-0.05, 0) is 45.7 Å². The Hall–Kier alpha value is -0.0500. The van der Waals surface area contributed by atoms with E-state index in [0.29, 0.717) is 0 Å². The Morgan fingerprint density at radius 2 is 1.42 bits per heavy atom. The van der Waals surface area contributed by atoms with E-state index in [-0.39, 0.29) is 12.8 Å². The number of hydrogen-bond acceptors (Lipinski definition) is 0. The van der Waals surface area contributed by atoms with Gasteiger partial charge in [0.2, 0.25) is 0 Å². The predicted molar refractivity (Wildman–Crippen MR) is 64.6 cm³/mol. The summed E-state index contributed by atoms with van der Waals surface area (Å²) in [5.41, 5.74) is 1.68. The van der Waals surface area contributed by atoms with E-state index in [1.807, 2.05) is 0 Å². The van der Waals surface area contributed by atoms with Crippen LogP contribution < -0.4 is 0 Å². The summed E-state index contributed by atoms with van der Waals surface area (Å²) in [6, 6.07) is 8.70. The fraction of sp³-hybridized carbons (Fsp3) is 0.455. The van der Waals surface area contributed by atoms with Gasteiger partial charge in [-0.1, -0.05) is 40.3 Å². The molecule has 0 aliphatic carbocycles. The minimum absolute atomic E-state index is 0. The van der Waals surface area contributed by atoms with E-state index in [1.54, 1.807) is 0 Å². The Morgan fingerprint density at radius 1 is 1.00 bits per heavy atom. The summed E-state index contributed by atoms with van der Waals surface area (Å²) in [6.07, 6.45) is 0. The van der Waals surface area contributed by atoms with Gasteiger partial charge in [-0.25, -0.2) is 0 Å². The normalized spacial score (nSPS) is 10.7. The quantitative estimate of drug-likeness (QED) is 0.622. The van der Waals surface area contributed by atoms with E-state index in [2.05, 4.69) is 67.6 Å². The van der Waals surface area contributed by atoms with Crippen molar-refractivity contribution in [3.63, 3.8) is 0 Å². The molecule has 0 radical (unpaired) electrons. The molecule has 1 aromatic carbocycles. The number of hydrogen-bond donors (Lipinski definition) is 0. The maximum Gasteiger partial charge on any atom is 0.0130 e. The molecule has 0 nitrogen and oxygen atoms in total. The Labute approximate surface area is 89.5 Å². The predicted octanol–water partition coefficient (Wildman–Crippen LogP) is 4.22. The van der Waals surface area contributed by atoms with Gasteiger partial charge in [0.1, 0.15) is 0 Å². The SMILES string of the molecule is C.CC(C)(C)c1ccc(I)cc1. The summed E-state index contributed by atoms with van der Waals surface area (Å²) in [5, 5.41) is 0. The summed E-state index contributed by atoms with van der Waals surface area (Å²) < 4.78 is 1.30. The van der Waals surface area contributed by atoms with Crippen molar-refractivity contribution >= 4 is 22.6 Å². The zero-order valence-corrected chi connectivity index (χ0v) is 9.34. The van der Waals surface area contributed by atoms with E-state index < -0.39 is 0 Å². The van der Waals surface area contributed by atoms with Crippen LogP contribution in [0.1, 0.15) is 33.8 Å². The molecule has 0 unspecified atom stereocenters. The third-order valence-electron chi connectivity index (χ3n) is 1.71. The van der Waals surface area contributed by atoms with Gasteiger partial charge < -0.3 is 0 Å². The lowest BCUT2D eigenvalue weighted by Crippen LogP contribution is -2.10. The molecule has 68 valence electrons. The zero-order valence-electron chi connectivity index (χ0n) is 7.19. The molecule has 0 N–H and O–H groups in total. The highest BCUT2D eigenvalue weighted by molar-refractivity contribution is 14.1. The van der Waals surface area contributed by atoms with Gasteiger partial charge >= 0.3 is 0 Å². The first-order valence-electron chi connectivity index (χ1n) is 3.76. The smallest absolute Gasteiger partial charge is 0.0130 e. The van der Waals surface area contributed by atoms with Crippen LogP contribution in [0.4, 0.5) is 0 Å². The van der Waals surface area contributed by atoms with E-state index in [4.69, 9.17) is 0 Å². The standard InChI is InChI=1S/C10H13I.CH4/c1-10(2,3)8-4-6-9(11)7-5-8;/h4-7H,1-3H3;1H4. The summed E-state index contributed by atoms with van der Waals surface area (Å²) >= 11 is 2.32. The highest BCUT2D eigenvalue weighted by atomic mass is 127. The summed E-state index contributed by atoms with van der Waals surface area (Å²) in [7, 11) is 0. The van der Waals surface area contributed by atoms with Crippen LogP contribution in [-0.2, 0) is 5.41 Å². The Balaban J connectivity index is 0.00000121. The summed E-state index contributed by atoms with van der Waals surface area (Å²) in [4.78, 5) is 0. The first kappa shape index (κ1) is 11.9. The van der Waals surface area contributed by atoms with Gasteiger partial charge in [-0.2, -0.15) is 0 Å². The largest absolute Gasteiger partial charge is 0.0776 e. The van der Waals surface area contributed by atoms with E-state index in [0.717, 1.165) is 0 Å². The second-order valence-electron chi connectivity index (χ2n) is 3.76. The van der Waals surface area contributed by atoms with Crippen molar-refractivity contribution in [2.75, 3.05) is 0 Å². The van der Waals surface area contributed by atoms with Crippen LogP contribution in [0.5, 0.6) is 0 Å². The van der Waals surface area contributed by atoms with Gasteiger partial charge in [-0.15, -0.1) is 0 Å². The number of rotatable bonds is 0. The van der Waals surface area contributed by atoms with Crippen LogP contribution in [-0.4, -0.2) is 0 Å². The summed E-state index contributed by atoms with van der Waals surface area (Å²) in [6.45, 7) is 6.69. The van der Waals surface area contributed by atoms with Gasteiger partial charge in [0.05, 0.1) is 0 Å².